The Labute approximate surface area is 102 Å². The Hall–Kier alpha value is -1.51. The second kappa shape index (κ2) is 4.40. The summed E-state index contributed by atoms with van der Waals surface area (Å²) >= 11 is 0. The lowest BCUT2D eigenvalue weighted by atomic mass is 10.1. The van der Waals surface area contributed by atoms with Crippen LogP contribution in [0.2, 0.25) is 0 Å². The molecule has 0 bridgehead atoms. The van der Waals surface area contributed by atoms with Gasteiger partial charge in [-0.1, -0.05) is 27.7 Å². The number of aryl methyl sites for hydroxylation is 1. The lowest BCUT2D eigenvalue weighted by molar-refractivity contribution is 0.740. The molecule has 17 heavy (non-hydrogen) atoms. The average Bonchev–Trinajstić information content (AvgIpc) is 2.26. The van der Waals surface area contributed by atoms with E-state index >= 15 is 0 Å². The highest BCUT2D eigenvalue weighted by Crippen LogP contribution is 2.23. The molecule has 2 rings (SSSR count). The first-order chi connectivity index (χ1) is 7.99. The lowest BCUT2D eigenvalue weighted by Crippen LogP contribution is -2.05. The Morgan fingerprint density at radius 2 is 1.59 bits per heavy atom. The van der Waals surface area contributed by atoms with Crippen molar-refractivity contribution in [1.82, 2.24) is 15.0 Å². The van der Waals surface area contributed by atoms with Crippen LogP contribution in [-0.4, -0.2) is 15.0 Å². The molecule has 90 valence electrons. The molecule has 0 spiro atoms. The zero-order valence-corrected chi connectivity index (χ0v) is 11.2. The van der Waals surface area contributed by atoms with Crippen molar-refractivity contribution in [2.24, 2.45) is 0 Å². The van der Waals surface area contributed by atoms with Crippen molar-refractivity contribution < 1.29 is 0 Å². The maximum Gasteiger partial charge on any atom is 0.163 e. The minimum absolute atomic E-state index is 0.333. The maximum absolute atomic E-state index is 4.68. The normalized spacial score (nSPS) is 11.7. The van der Waals surface area contributed by atoms with E-state index in [4.69, 9.17) is 0 Å². The van der Waals surface area contributed by atoms with Gasteiger partial charge in [-0.25, -0.2) is 15.0 Å². The number of hydrogen-bond acceptors (Lipinski definition) is 3. The topological polar surface area (TPSA) is 38.7 Å². The van der Waals surface area contributed by atoms with Gasteiger partial charge in [-0.2, -0.15) is 0 Å². The summed E-state index contributed by atoms with van der Waals surface area (Å²) in [4.78, 5) is 13.7. The molecular weight excluding hydrogens is 210 g/mol. The van der Waals surface area contributed by atoms with E-state index in [9.17, 15) is 0 Å². The Morgan fingerprint density at radius 1 is 0.882 bits per heavy atom. The second-order valence-electron chi connectivity index (χ2n) is 5.10. The molecule has 0 amide bonds. The summed E-state index contributed by atoms with van der Waals surface area (Å²) in [7, 11) is 0. The van der Waals surface area contributed by atoms with E-state index in [1.807, 2.05) is 13.0 Å². The van der Waals surface area contributed by atoms with Gasteiger partial charge in [0.1, 0.15) is 5.82 Å². The Kier molecular flexibility index (Phi) is 3.09. The van der Waals surface area contributed by atoms with Crippen LogP contribution in [0.3, 0.4) is 0 Å². The molecule has 2 heterocycles. The van der Waals surface area contributed by atoms with Gasteiger partial charge in [0, 0.05) is 17.0 Å². The first kappa shape index (κ1) is 12.0. The van der Waals surface area contributed by atoms with Crippen LogP contribution in [0.15, 0.2) is 12.1 Å². The van der Waals surface area contributed by atoms with Crippen molar-refractivity contribution in [1.29, 1.82) is 0 Å². The highest BCUT2D eigenvalue weighted by atomic mass is 15.0. The number of fused-ring (bicyclic) bond motifs is 1. The molecule has 0 fully saturated rings. The molecule has 0 N–H and O–H groups in total. The Morgan fingerprint density at radius 3 is 2.18 bits per heavy atom. The Balaban J connectivity index is 2.76. The van der Waals surface area contributed by atoms with Crippen LogP contribution in [0.5, 0.6) is 0 Å². The van der Waals surface area contributed by atoms with E-state index in [2.05, 4.69) is 48.7 Å². The zero-order valence-electron chi connectivity index (χ0n) is 11.2. The van der Waals surface area contributed by atoms with Crippen molar-refractivity contribution in [2.45, 2.75) is 46.5 Å². The second-order valence-corrected chi connectivity index (χ2v) is 5.10. The summed E-state index contributed by atoms with van der Waals surface area (Å²) in [6, 6.07) is 4.10. The number of hydrogen-bond donors (Lipinski definition) is 0. The monoisotopic (exact) mass is 229 g/mol. The van der Waals surface area contributed by atoms with Gasteiger partial charge in [-0.15, -0.1) is 0 Å². The van der Waals surface area contributed by atoms with Crippen LogP contribution in [0, 0.1) is 6.92 Å². The summed E-state index contributed by atoms with van der Waals surface area (Å²) in [5.41, 5.74) is 2.93. The Bertz CT molecular complexity index is 544. The maximum atomic E-state index is 4.68. The van der Waals surface area contributed by atoms with Gasteiger partial charge >= 0.3 is 0 Å². The molecular formula is C14H19N3. The molecule has 3 nitrogen and oxygen atoms in total. The van der Waals surface area contributed by atoms with Gasteiger partial charge in [0.2, 0.25) is 0 Å². The highest BCUT2D eigenvalue weighted by Gasteiger charge is 2.13. The largest absolute Gasteiger partial charge is 0.237 e. The summed E-state index contributed by atoms with van der Waals surface area (Å²) in [5.74, 6) is 1.61. The van der Waals surface area contributed by atoms with Crippen molar-refractivity contribution in [3.8, 4) is 0 Å². The summed E-state index contributed by atoms with van der Waals surface area (Å²) in [6.45, 7) is 10.5. The average molecular weight is 229 g/mol. The van der Waals surface area contributed by atoms with Crippen LogP contribution in [0.4, 0.5) is 0 Å². The smallest absolute Gasteiger partial charge is 0.163 e. The van der Waals surface area contributed by atoms with Crippen LogP contribution in [-0.2, 0) is 0 Å². The van der Waals surface area contributed by atoms with Gasteiger partial charge in [0.25, 0.3) is 0 Å². The predicted octanol–water partition coefficient (Wildman–Crippen LogP) is 3.58. The highest BCUT2D eigenvalue weighted by molar-refractivity contribution is 5.78. The number of rotatable bonds is 2. The molecule has 0 unspecified atom stereocenters. The molecule has 0 saturated heterocycles. The fourth-order valence-electron chi connectivity index (χ4n) is 1.84. The van der Waals surface area contributed by atoms with E-state index < -0.39 is 0 Å². The summed E-state index contributed by atoms with van der Waals surface area (Å²) < 4.78 is 0. The van der Waals surface area contributed by atoms with E-state index in [0.29, 0.717) is 11.8 Å². The molecule has 0 atom stereocenters. The SMILES string of the molecule is Cc1ccc2c(C(C)C)nc(C(C)C)nc2n1. The minimum atomic E-state index is 0.333. The number of pyridine rings is 1. The quantitative estimate of drug-likeness (QED) is 0.790. The standard InChI is InChI=1S/C14H19N3/c1-8(2)12-11-7-6-10(5)15-14(11)17-13(16-12)9(3)4/h6-9H,1-5H3. The summed E-state index contributed by atoms with van der Waals surface area (Å²) in [5, 5.41) is 1.08. The lowest BCUT2D eigenvalue weighted by Gasteiger charge is -2.12. The van der Waals surface area contributed by atoms with Gasteiger partial charge in [0.05, 0.1) is 5.69 Å². The molecule has 0 aliphatic rings. The van der Waals surface area contributed by atoms with Crippen LogP contribution in [0.25, 0.3) is 11.0 Å². The molecule has 0 aliphatic carbocycles. The molecule has 0 aromatic carbocycles. The minimum Gasteiger partial charge on any atom is -0.237 e. The molecule has 0 radical (unpaired) electrons. The predicted molar refractivity (Wildman–Crippen MR) is 70.2 cm³/mol. The van der Waals surface area contributed by atoms with Crippen LogP contribution < -0.4 is 0 Å². The molecule has 3 heteroatoms. The summed E-state index contributed by atoms with van der Waals surface area (Å²) in [6.07, 6.45) is 0. The van der Waals surface area contributed by atoms with Crippen LogP contribution in [0.1, 0.15) is 56.7 Å². The third kappa shape index (κ3) is 2.28. The number of nitrogens with zero attached hydrogens (tertiary/aromatic N) is 3. The van der Waals surface area contributed by atoms with E-state index in [0.717, 1.165) is 28.2 Å². The van der Waals surface area contributed by atoms with Gasteiger partial charge < -0.3 is 0 Å². The van der Waals surface area contributed by atoms with Crippen molar-refractivity contribution in [3.05, 3.63) is 29.3 Å². The van der Waals surface area contributed by atoms with Gasteiger partial charge in [-0.3, -0.25) is 0 Å². The zero-order chi connectivity index (χ0) is 12.6. The molecule has 0 aliphatic heterocycles. The number of aromatic nitrogens is 3. The van der Waals surface area contributed by atoms with Crippen molar-refractivity contribution in [2.75, 3.05) is 0 Å². The van der Waals surface area contributed by atoms with Gasteiger partial charge in [-0.05, 0) is 25.0 Å². The molecule has 2 aromatic rings. The first-order valence-electron chi connectivity index (χ1n) is 6.14. The third-order valence-corrected chi connectivity index (χ3v) is 2.81. The van der Waals surface area contributed by atoms with Gasteiger partial charge in [0.15, 0.2) is 5.65 Å². The first-order valence-corrected chi connectivity index (χ1v) is 6.14. The fraction of sp³-hybridized carbons (Fsp3) is 0.500. The van der Waals surface area contributed by atoms with Crippen molar-refractivity contribution >= 4 is 11.0 Å². The van der Waals surface area contributed by atoms with Crippen LogP contribution >= 0.6 is 0 Å². The van der Waals surface area contributed by atoms with Crippen molar-refractivity contribution in [3.63, 3.8) is 0 Å². The van der Waals surface area contributed by atoms with E-state index in [1.54, 1.807) is 0 Å². The molecule has 0 saturated carbocycles. The third-order valence-electron chi connectivity index (χ3n) is 2.81. The fourth-order valence-corrected chi connectivity index (χ4v) is 1.84. The molecule has 2 aromatic heterocycles. The van der Waals surface area contributed by atoms with E-state index in [1.165, 1.54) is 0 Å². The van der Waals surface area contributed by atoms with E-state index in [-0.39, 0.29) is 0 Å².